The number of unbranched alkanes of at least 4 members (excludes halogenated alkanes) is 1. The number of Topliss-reactive ketones (excluding diaryl/α,β-unsaturated/α-hetero) is 1. The molecule has 1 atom stereocenters. The smallest absolute Gasteiger partial charge is 0.295 e. The monoisotopic (exact) mass is 466 g/mol. The summed E-state index contributed by atoms with van der Waals surface area (Å²) in [7, 11) is 5.47. The first-order chi connectivity index (χ1) is 16.4. The summed E-state index contributed by atoms with van der Waals surface area (Å²) in [6.07, 6.45) is 2.68. The minimum atomic E-state index is -0.737. The number of rotatable bonds is 11. The number of amides is 1. The number of carbonyl (C=O) groups excluding carboxylic acids is 2. The number of ether oxygens (including phenoxy) is 2. The van der Waals surface area contributed by atoms with Crippen LogP contribution in [-0.2, 0) is 9.59 Å². The highest BCUT2D eigenvalue weighted by atomic mass is 16.5. The number of aliphatic hydroxyl groups excluding tert-OH is 1. The lowest BCUT2D eigenvalue weighted by Crippen LogP contribution is -2.32. The Hall–Kier alpha value is -3.32. The van der Waals surface area contributed by atoms with Gasteiger partial charge in [-0.1, -0.05) is 31.5 Å². The Morgan fingerprint density at radius 1 is 1.06 bits per heavy atom. The summed E-state index contributed by atoms with van der Waals surface area (Å²) >= 11 is 0. The number of carbonyl (C=O) groups is 2. The van der Waals surface area contributed by atoms with Gasteiger partial charge < -0.3 is 24.4 Å². The topological polar surface area (TPSA) is 79.3 Å². The van der Waals surface area contributed by atoms with Crippen LogP contribution in [0.3, 0.4) is 0 Å². The van der Waals surface area contributed by atoms with Crippen LogP contribution in [0, 0.1) is 0 Å². The van der Waals surface area contributed by atoms with Gasteiger partial charge in [0.2, 0.25) is 0 Å². The van der Waals surface area contributed by atoms with Crippen molar-refractivity contribution in [2.75, 3.05) is 40.9 Å². The van der Waals surface area contributed by atoms with Gasteiger partial charge in [-0.2, -0.15) is 0 Å². The highest BCUT2D eigenvalue weighted by Crippen LogP contribution is 2.42. The molecule has 1 amide bonds. The Labute approximate surface area is 201 Å². The third-order valence-electron chi connectivity index (χ3n) is 5.87. The van der Waals surface area contributed by atoms with Gasteiger partial charge in [0.25, 0.3) is 11.7 Å². The van der Waals surface area contributed by atoms with Crippen LogP contribution in [0.1, 0.15) is 43.4 Å². The zero-order valence-corrected chi connectivity index (χ0v) is 20.4. The average molecular weight is 467 g/mol. The van der Waals surface area contributed by atoms with Crippen molar-refractivity contribution in [3.8, 4) is 11.5 Å². The Morgan fingerprint density at radius 2 is 1.76 bits per heavy atom. The van der Waals surface area contributed by atoms with Crippen LogP contribution < -0.4 is 9.47 Å². The van der Waals surface area contributed by atoms with Crippen molar-refractivity contribution in [2.45, 2.75) is 32.2 Å². The summed E-state index contributed by atoms with van der Waals surface area (Å²) in [6, 6.07) is 13.5. The largest absolute Gasteiger partial charge is 0.507 e. The van der Waals surface area contributed by atoms with E-state index in [1.165, 1.54) is 4.90 Å². The maximum atomic E-state index is 13.2. The predicted octanol–water partition coefficient (Wildman–Crippen LogP) is 4.25. The molecule has 1 aliphatic heterocycles. The first kappa shape index (κ1) is 25.3. The van der Waals surface area contributed by atoms with Crippen LogP contribution in [-0.4, -0.2) is 67.5 Å². The molecule has 0 bridgehead atoms. The van der Waals surface area contributed by atoms with Crippen LogP contribution in [0.25, 0.3) is 5.76 Å². The van der Waals surface area contributed by atoms with Crippen LogP contribution in [0.15, 0.2) is 54.1 Å². The molecule has 0 radical (unpaired) electrons. The number of hydrogen-bond acceptors (Lipinski definition) is 6. The number of aliphatic hydroxyl groups is 1. The van der Waals surface area contributed by atoms with Gasteiger partial charge in [0, 0.05) is 17.7 Å². The summed E-state index contributed by atoms with van der Waals surface area (Å²) in [5.74, 6) is -0.269. The van der Waals surface area contributed by atoms with Crippen LogP contribution in [0.2, 0.25) is 0 Å². The molecule has 1 N–H and O–H groups in total. The molecular weight excluding hydrogens is 432 g/mol. The molecule has 2 aromatic carbocycles. The Bertz CT molecular complexity index is 1030. The summed E-state index contributed by atoms with van der Waals surface area (Å²) in [5.41, 5.74) is 1.18. The molecule has 3 rings (SSSR count). The fraction of sp³-hybridized carbons (Fsp3) is 0.407. The summed E-state index contributed by atoms with van der Waals surface area (Å²) in [4.78, 5) is 29.8. The molecule has 2 aromatic rings. The molecule has 1 saturated heterocycles. The quantitative estimate of drug-likeness (QED) is 0.231. The number of likely N-dealkylation sites (tertiary alicyclic amines) is 1. The van der Waals surface area contributed by atoms with E-state index in [2.05, 4.69) is 6.92 Å². The second kappa shape index (κ2) is 11.7. The minimum absolute atomic E-state index is 0.0685. The number of para-hydroxylation sites is 1. The van der Waals surface area contributed by atoms with E-state index in [4.69, 9.17) is 9.47 Å². The van der Waals surface area contributed by atoms with Gasteiger partial charge in [-0.3, -0.25) is 9.59 Å². The lowest BCUT2D eigenvalue weighted by atomic mass is 9.94. The molecule has 0 saturated carbocycles. The molecule has 0 spiro atoms. The zero-order valence-electron chi connectivity index (χ0n) is 20.4. The summed E-state index contributed by atoms with van der Waals surface area (Å²) in [6.45, 7) is 3.86. The molecule has 34 heavy (non-hydrogen) atoms. The Morgan fingerprint density at radius 3 is 2.41 bits per heavy atom. The van der Waals surface area contributed by atoms with E-state index in [1.54, 1.807) is 37.4 Å². The molecule has 1 heterocycles. The van der Waals surface area contributed by atoms with Gasteiger partial charge in [-0.25, -0.2) is 0 Å². The van der Waals surface area contributed by atoms with E-state index >= 15 is 0 Å². The molecule has 7 nitrogen and oxygen atoms in total. The van der Waals surface area contributed by atoms with Crippen molar-refractivity contribution >= 4 is 17.4 Å². The van der Waals surface area contributed by atoms with E-state index < -0.39 is 17.7 Å². The first-order valence-corrected chi connectivity index (χ1v) is 11.7. The van der Waals surface area contributed by atoms with Gasteiger partial charge in [-0.05, 0) is 63.8 Å². The zero-order chi connectivity index (χ0) is 24.7. The second-order valence-corrected chi connectivity index (χ2v) is 8.62. The van der Waals surface area contributed by atoms with E-state index in [9.17, 15) is 14.7 Å². The van der Waals surface area contributed by atoms with Crippen LogP contribution in [0.5, 0.6) is 11.5 Å². The van der Waals surface area contributed by atoms with Gasteiger partial charge in [0.15, 0.2) is 0 Å². The second-order valence-electron chi connectivity index (χ2n) is 8.62. The number of methoxy groups -OCH3 is 1. The lowest BCUT2D eigenvalue weighted by Gasteiger charge is -2.27. The molecular formula is C27H34N2O5. The first-order valence-electron chi connectivity index (χ1n) is 11.7. The standard InChI is InChI=1S/C27H34N2O5/c1-5-6-18-34-20-14-12-19(13-15-20)25(30)23-24(21-10-7-8-11-22(21)33-4)29(27(32)26(23)31)17-9-16-28(2)3/h7-8,10-15,24,30H,5-6,9,16-18H2,1-4H3/t24-/m1/s1. The number of nitrogens with zero attached hydrogens (tertiary/aromatic N) is 2. The lowest BCUT2D eigenvalue weighted by molar-refractivity contribution is -0.140. The highest BCUT2D eigenvalue weighted by molar-refractivity contribution is 6.46. The predicted molar refractivity (Wildman–Crippen MR) is 132 cm³/mol. The van der Waals surface area contributed by atoms with E-state index in [-0.39, 0.29) is 11.3 Å². The number of benzene rings is 2. The summed E-state index contributed by atoms with van der Waals surface area (Å²) < 4.78 is 11.2. The Balaban J connectivity index is 2.02. The maximum Gasteiger partial charge on any atom is 0.295 e. The van der Waals surface area contributed by atoms with Gasteiger partial charge in [-0.15, -0.1) is 0 Å². The van der Waals surface area contributed by atoms with Crippen molar-refractivity contribution in [3.05, 3.63) is 65.2 Å². The minimum Gasteiger partial charge on any atom is -0.507 e. The van der Waals surface area contributed by atoms with Crippen molar-refractivity contribution in [3.63, 3.8) is 0 Å². The molecule has 0 aromatic heterocycles. The molecule has 0 unspecified atom stereocenters. The number of hydrogen-bond donors (Lipinski definition) is 1. The third kappa shape index (κ3) is 5.59. The van der Waals surface area contributed by atoms with Crippen molar-refractivity contribution in [1.82, 2.24) is 9.80 Å². The van der Waals surface area contributed by atoms with E-state index in [0.717, 1.165) is 19.4 Å². The van der Waals surface area contributed by atoms with Gasteiger partial charge in [0.05, 0.1) is 25.3 Å². The van der Waals surface area contributed by atoms with Crippen molar-refractivity contribution < 1.29 is 24.2 Å². The molecule has 1 aliphatic rings. The fourth-order valence-corrected chi connectivity index (χ4v) is 4.08. The number of ketones is 1. The highest BCUT2D eigenvalue weighted by Gasteiger charge is 2.46. The molecule has 0 aliphatic carbocycles. The average Bonchev–Trinajstić information content (AvgIpc) is 3.09. The molecule has 182 valence electrons. The van der Waals surface area contributed by atoms with Crippen LogP contribution >= 0.6 is 0 Å². The van der Waals surface area contributed by atoms with Crippen LogP contribution in [0.4, 0.5) is 0 Å². The van der Waals surface area contributed by atoms with Crippen molar-refractivity contribution in [1.29, 1.82) is 0 Å². The summed E-state index contributed by atoms with van der Waals surface area (Å²) in [5, 5.41) is 11.2. The Kier molecular flexibility index (Phi) is 8.71. The molecule has 7 heteroatoms. The van der Waals surface area contributed by atoms with Gasteiger partial charge >= 0.3 is 0 Å². The molecule has 1 fully saturated rings. The maximum absolute atomic E-state index is 13.2. The van der Waals surface area contributed by atoms with Crippen molar-refractivity contribution in [2.24, 2.45) is 0 Å². The fourth-order valence-electron chi connectivity index (χ4n) is 4.08. The van der Waals surface area contributed by atoms with E-state index in [0.29, 0.717) is 42.2 Å². The SMILES string of the molecule is CCCCOc1ccc(C(O)=C2C(=O)C(=O)N(CCCN(C)C)[C@@H]2c2ccccc2OC)cc1. The van der Waals surface area contributed by atoms with E-state index in [1.807, 2.05) is 37.2 Å². The van der Waals surface area contributed by atoms with Gasteiger partial charge in [0.1, 0.15) is 17.3 Å². The third-order valence-corrected chi connectivity index (χ3v) is 5.87. The normalized spacial score (nSPS) is 17.4.